The maximum absolute atomic E-state index is 11.8. The Labute approximate surface area is 137 Å². The Morgan fingerprint density at radius 2 is 2.04 bits per heavy atom. The van der Waals surface area contributed by atoms with Gasteiger partial charge in [0.2, 0.25) is 11.7 Å². The highest BCUT2D eigenvalue weighted by Crippen LogP contribution is 2.37. The zero-order chi connectivity index (χ0) is 17.5. The Morgan fingerprint density at radius 3 is 2.67 bits per heavy atom. The van der Waals surface area contributed by atoms with Crippen LogP contribution in [0.15, 0.2) is 47.6 Å². The Kier molecular flexibility index (Phi) is 5.45. The van der Waals surface area contributed by atoms with Gasteiger partial charge >= 0.3 is 5.69 Å². The Bertz CT molecular complexity index is 775. The number of hydrogen-bond donors (Lipinski definition) is 2. The van der Waals surface area contributed by atoms with Crippen molar-refractivity contribution in [2.75, 3.05) is 7.11 Å². The lowest BCUT2D eigenvalue weighted by molar-refractivity contribution is -0.386. The second kappa shape index (κ2) is 7.73. The number of carbonyl (C=O) groups is 1. The van der Waals surface area contributed by atoms with Crippen LogP contribution < -0.4 is 10.2 Å². The van der Waals surface area contributed by atoms with Crippen LogP contribution in [0.1, 0.15) is 11.1 Å². The van der Waals surface area contributed by atoms with Gasteiger partial charge in [0.05, 0.1) is 30.2 Å². The smallest absolute Gasteiger partial charge is 0.323 e. The third-order valence-electron chi connectivity index (χ3n) is 3.13. The number of nitro groups is 1. The van der Waals surface area contributed by atoms with Crippen molar-refractivity contribution in [2.45, 2.75) is 6.42 Å². The highest BCUT2D eigenvalue weighted by atomic mass is 16.6. The van der Waals surface area contributed by atoms with Crippen LogP contribution in [0.4, 0.5) is 5.69 Å². The standard InChI is InChI=1S/C16H15N3O5/c1-24-16-13(20)8-7-12(15(16)19(22)23)10-17-18-14(21)9-11-5-3-2-4-6-11/h2-8,10,20H,9H2,1H3,(H,18,21)/b17-10+. The largest absolute Gasteiger partial charge is 0.504 e. The van der Waals surface area contributed by atoms with E-state index in [1.165, 1.54) is 19.2 Å². The second-order valence-corrected chi connectivity index (χ2v) is 4.77. The fourth-order valence-corrected chi connectivity index (χ4v) is 2.06. The SMILES string of the molecule is COc1c(O)ccc(/C=N/NC(=O)Cc2ccccc2)c1[N+](=O)[O-]. The number of benzene rings is 2. The molecule has 1 amide bonds. The molecule has 0 saturated carbocycles. The van der Waals surface area contributed by atoms with Gasteiger partial charge in [-0.05, 0) is 17.7 Å². The summed E-state index contributed by atoms with van der Waals surface area (Å²) >= 11 is 0. The van der Waals surface area contributed by atoms with Crippen molar-refractivity contribution < 1.29 is 19.6 Å². The molecule has 0 saturated heterocycles. The van der Waals surface area contributed by atoms with Crippen LogP contribution in [-0.2, 0) is 11.2 Å². The van der Waals surface area contributed by atoms with Gasteiger partial charge in [-0.15, -0.1) is 0 Å². The predicted octanol–water partition coefficient (Wildman–Crippen LogP) is 2.00. The van der Waals surface area contributed by atoms with E-state index in [2.05, 4.69) is 10.5 Å². The van der Waals surface area contributed by atoms with Gasteiger partial charge in [0.15, 0.2) is 5.75 Å². The summed E-state index contributed by atoms with van der Waals surface area (Å²) < 4.78 is 4.84. The van der Waals surface area contributed by atoms with Crippen molar-refractivity contribution in [2.24, 2.45) is 5.10 Å². The van der Waals surface area contributed by atoms with Crippen molar-refractivity contribution >= 4 is 17.8 Å². The molecule has 2 aromatic carbocycles. The predicted molar refractivity (Wildman–Crippen MR) is 87.2 cm³/mol. The normalized spacial score (nSPS) is 10.5. The molecule has 0 aliphatic carbocycles. The minimum absolute atomic E-state index is 0.0923. The first kappa shape index (κ1) is 16.9. The molecular formula is C16H15N3O5. The second-order valence-electron chi connectivity index (χ2n) is 4.77. The first-order valence-electron chi connectivity index (χ1n) is 6.93. The van der Waals surface area contributed by atoms with E-state index in [9.17, 15) is 20.0 Å². The summed E-state index contributed by atoms with van der Waals surface area (Å²) in [5.74, 6) is -0.972. The number of hydrogen-bond acceptors (Lipinski definition) is 6. The van der Waals surface area contributed by atoms with Crippen LogP contribution in [0.2, 0.25) is 0 Å². The molecule has 0 spiro atoms. The van der Waals surface area contributed by atoms with Crippen LogP contribution in [0.25, 0.3) is 0 Å². The minimum Gasteiger partial charge on any atom is -0.504 e. The number of methoxy groups -OCH3 is 1. The first-order chi connectivity index (χ1) is 11.5. The van der Waals surface area contributed by atoms with Crippen molar-refractivity contribution in [3.63, 3.8) is 0 Å². The number of ether oxygens (including phenoxy) is 1. The van der Waals surface area contributed by atoms with Gasteiger partial charge in [-0.1, -0.05) is 30.3 Å². The van der Waals surface area contributed by atoms with E-state index in [0.29, 0.717) is 0 Å². The molecular weight excluding hydrogens is 314 g/mol. The maximum Gasteiger partial charge on any atom is 0.323 e. The molecule has 124 valence electrons. The molecule has 0 bridgehead atoms. The molecule has 0 unspecified atom stereocenters. The van der Waals surface area contributed by atoms with Crippen LogP contribution in [0, 0.1) is 10.1 Å². The lowest BCUT2D eigenvalue weighted by Crippen LogP contribution is -2.19. The van der Waals surface area contributed by atoms with Gasteiger partial charge in [-0.25, -0.2) is 5.43 Å². The number of nitro benzene ring substituents is 1. The summed E-state index contributed by atoms with van der Waals surface area (Å²) in [6.07, 6.45) is 1.27. The Morgan fingerprint density at radius 1 is 1.33 bits per heavy atom. The number of nitrogens with zero attached hydrogens (tertiary/aromatic N) is 2. The number of phenolic OH excluding ortho intramolecular Hbond substituents is 1. The van der Waals surface area contributed by atoms with Crippen molar-refractivity contribution in [1.82, 2.24) is 5.43 Å². The number of amides is 1. The molecule has 0 aromatic heterocycles. The lowest BCUT2D eigenvalue weighted by Gasteiger charge is -2.06. The fourth-order valence-electron chi connectivity index (χ4n) is 2.06. The number of aromatic hydroxyl groups is 1. The monoisotopic (exact) mass is 329 g/mol. The summed E-state index contributed by atoms with van der Waals surface area (Å²) in [7, 11) is 1.21. The van der Waals surface area contributed by atoms with Gasteiger partial charge in [-0.2, -0.15) is 5.10 Å². The van der Waals surface area contributed by atoms with E-state index in [1.807, 2.05) is 18.2 Å². The van der Waals surface area contributed by atoms with Crippen LogP contribution in [-0.4, -0.2) is 29.3 Å². The summed E-state index contributed by atoms with van der Waals surface area (Å²) in [5.41, 5.74) is 2.78. The van der Waals surface area contributed by atoms with Gasteiger partial charge < -0.3 is 9.84 Å². The van der Waals surface area contributed by atoms with Gasteiger partial charge in [0.1, 0.15) is 0 Å². The molecule has 0 radical (unpaired) electrons. The summed E-state index contributed by atoms with van der Waals surface area (Å²) in [6, 6.07) is 11.6. The lowest BCUT2D eigenvalue weighted by atomic mass is 10.1. The molecule has 2 N–H and O–H groups in total. The van der Waals surface area contributed by atoms with E-state index >= 15 is 0 Å². The van der Waals surface area contributed by atoms with E-state index in [4.69, 9.17) is 4.74 Å². The third kappa shape index (κ3) is 4.07. The highest BCUT2D eigenvalue weighted by molar-refractivity contribution is 5.89. The average molecular weight is 329 g/mol. The van der Waals surface area contributed by atoms with Crippen molar-refractivity contribution in [3.8, 4) is 11.5 Å². The number of rotatable bonds is 6. The van der Waals surface area contributed by atoms with E-state index in [-0.39, 0.29) is 29.4 Å². The molecule has 0 aliphatic rings. The molecule has 24 heavy (non-hydrogen) atoms. The zero-order valence-corrected chi connectivity index (χ0v) is 12.8. The molecule has 8 heteroatoms. The van der Waals surface area contributed by atoms with E-state index in [0.717, 1.165) is 11.8 Å². The number of phenols is 1. The fraction of sp³-hybridized carbons (Fsp3) is 0.125. The number of hydrazone groups is 1. The summed E-state index contributed by atoms with van der Waals surface area (Å²) in [6.45, 7) is 0. The molecule has 0 fully saturated rings. The van der Waals surface area contributed by atoms with Gasteiger partial charge in [0.25, 0.3) is 0 Å². The molecule has 2 aromatic rings. The summed E-state index contributed by atoms with van der Waals surface area (Å²) in [5, 5.41) is 24.5. The van der Waals surface area contributed by atoms with Gasteiger partial charge in [0, 0.05) is 0 Å². The van der Waals surface area contributed by atoms with Gasteiger partial charge in [-0.3, -0.25) is 14.9 Å². The first-order valence-corrected chi connectivity index (χ1v) is 6.93. The molecule has 0 aliphatic heterocycles. The topological polar surface area (TPSA) is 114 Å². The summed E-state index contributed by atoms with van der Waals surface area (Å²) in [4.78, 5) is 22.2. The molecule has 2 rings (SSSR count). The van der Waals surface area contributed by atoms with Crippen LogP contribution in [0.3, 0.4) is 0 Å². The van der Waals surface area contributed by atoms with Crippen LogP contribution >= 0.6 is 0 Å². The Balaban J connectivity index is 2.12. The molecule has 0 heterocycles. The van der Waals surface area contributed by atoms with E-state index < -0.39 is 10.6 Å². The minimum atomic E-state index is -0.689. The highest BCUT2D eigenvalue weighted by Gasteiger charge is 2.23. The number of nitrogens with one attached hydrogen (secondary N) is 1. The molecule has 8 nitrogen and oxygen atoms in total. The van der Waals surface area contributed by atoms with Crippen LogP contribution in [0.5, 0.6) is 11.5 Å². The number of carbonyl (C=O) groups excluding carboxylic acids is 1. The molecule has 0 atom stereocenters. The Hall–Kier alpha value is -3.42. The van der Waals surface area contributed by atoms with E-state index in [1.54, 1.807) is 12.1 Å². The van der Waals surface area contributed by atoms with Crippen molar-refractivity contribution in [1.29, 1.82) is 0 Å². The van der Waals surface area contributed by atoms with Crippen molar-refractivity contribution in [3.05, 3.63) is 63.7 Å². The quantitative estimate of drug-likeness (QED) is 0.478. The zero-order valence-electron chi connectivity index (χ0n) is 12.8. The maximum atomic E-state index is 11.8. The average Bonchev–Trinajstić information content (AvgIpc) is 2.56. The third-order valence-corrected chi connectivity index (χ3v) is 3.13.